The maximum Gasteiger partial charge on any atom is 0.325 e. The first-order chi connectivity index (χ1) is 9.88. The van der Waals surface area contributed by atoms with Crippen molar-refractivity contribution in [1.82, 2.24) is 25.2 Å². The first kappa shape index (κ1) is 15.2. The molecule has 0 radical (unpaired) electrons. The number of aliphatic carboxylic acids is 1. The number of carbonyl (C=O) groups excluding carboxylic acids is 1. The molecule has 2 N–H and O–H groups in total. The topological polar surface area (TPSA) is 110 Å². The van der Waals surface area contributed by atoms with Crippen molar-refractivity contribution in [3.05, 3.63) is 11.9 Å². The normalized spacial score (nSPS) is 17.5. The number of morpholine rings is 1. The van der Waals surface area contributed by atoms with E-state index in [0.29, 0.717) is 25.5 Å². The Morgan fingerprint density at radius 2 is 2.29 bits per heavy atom. The second-order valence-corrected chi connectivity index (χ2v) is 5.48. The van der Waals surface area contributed by atoms with Crippen LogP contribution < -0.4 is 5.32 Å². The molecule has 1 saturated heterocycles. The first-order valence-corrected chi connectivity index (χ1v) is 6.62. The van der Waals surface area contributed by atoms with Crippen LogP contribution >= 0.6 is 0 Å². The molecule has 21 heavy (non-hydrogen) atoms. The highest BCUT2D eigenvalue weighted by Crippen LogP contribution is 2.18. The molecule has 1 aromatic heterocycles. The smallest absolute Gasteiger partial charge is 0.325 e. The van der Waals surface area contributed by atoms with Crippen molar-refractivity contribution in [3.8, 4) is 0 Å². The summed E-state index contributed by atoms with van der Waals surface area (Å²) in [6, 6.07) is -0.198. The summed E-state index contributed by atoms with van der Waals surface area (Å²) in [5.41, 5.74) is 0.152. The zero-order valence-corrected chi connectivity index (χ0v) is 12.1. The lowest BCUT2D eigenvalue weighted by Crippen LogP contribution is -2.58. The molecular formula is C12H19N5O4. The van der Waals surface area contributed by atoms with Gasteiger partial charge in [0.2, 0.25) is 0 Å². The molecule has 2 heterocycles. The second kappa shape index (κ2) is 6.08. The molecular weight excluding hydrogens is 278 g/mol. The second-order valence-electron chi connectivity index (χ2n) is 5.48. The molecule has 2 amide bonds. The Hall–Kier alpha value is -2.16. The van der Waals surface area contributed by atoms with Crippen molar-refractivity contribution in [1.29, 1.82) is 0 Å². The van der Waals surface area contributed by atoms with Gasteiger partial charge in [0.15, 0.2) is 0 Å². The fraction of sp³-hybridized carbons (Fsp3) is 0.667. The number of rotatable bonds is 4. The fourth-order valence-electron chi connectivity index (χ4n) is 2.13. The highest BCUT2D eigenvalue weighted by molar-refractivity contribution is 5.75. The van der Waals surface area contributed by atoms with Gasteiger partial charge in [0.1, 0.15) is 12.2 Å². The summed E-state index contributed by atoms with van der Waals surface area (Å²) in [7, 11) is 0. The highest BCUT2D eigenvalue weighted by Gasteiger charge is 2.33. The van der Waals surface area contributed by atoms with Gasteiger partial charge in [-0.2, -0.15) is 0 Å². The number of ether oxygens (including phenoxy) is 1. The number of nitrogens with zero attached hydrogens (tertiary/aromatic N) is 4. The van der Waals surface area contributed by atoms with Crippen LogP contribution in [0.5, 0.6) is 0 Å². The minimum Gasteiger partial charge on any atom is -0.480 e. The molecule has 9 nitrogen and oxygen atoms in total. The SMILES string of the molecule is CC1(C)COCCN1C(=O)NCc1cn(CC(=O)O)nn1. The fourth-order valence-corrected chi connectivity index (χ4v) is 2.13. The van der Waals surface area contributed by atoms with Gasteiger partial charge in [0.05, 0.1) is 31.5 Å². The summed E-state index contributed by atoms with van der Waals surface area (Å²) in [6.07, 6.45) is 1.50. The molecule has 0 atom stereocenters. The average Bonchev–Trinajstić information content (AvgIpc) is 2.82. The van der Waals surface area contributed by atoms with Gasteiger partial charge in [-0.1, -0.05) is 5.21 Å². The molecule has 0 aliphatic carbocycles. The van der Waals surface area contributed by atoms with Crippen LogP contribution in [0.4, 0.5) is 4.79 Å². The molecule has 2 rings (SSSR count). The maximum absolute atomic E-state index is 12.2. The Kier molecular flexibility index (Phi) is 4.41. The van der Waals surface area contributed by atoms with Gasteiger partial charge in [0.25, 0.3) is 0 Å². The number of amides is 2. The Labute approximate surface area is 121 Å². The Morgan fingerprint density at radius 3 is 2.95 bits per heavy atom. The maximum atomic E-state index is 12.2. The van der Waals surface area contributed by atoms with Crippen LogP contribution in [0, 0.1) is 0 Å². The van der Waals surface area contributed by atoms with Crippen LogP contribution in [0.1, 0.15) is 19.5 Å². The van der Waals surface area contributed by atoms with E-state index in [2.05, 4.69) is 15.6 Å². The lowest BCUT2D eigenvalue weighted by molar-refractivity contribution is -0.137. The third-order valence-electron chi connectivity index (χ3n) is 3.19. The quantitative estimate of drug-likeness (QED) is 0.788. The van der Waals surface area contributed by atoms with Crippen LogP contribution in [-0.2, 0) is 22.6 Å². The predicted molar refractivity (Wildman–Crippen MR) is 71.5 cm³/mol. The molecule has 0 aromatic carbocycles. The number of urea groups is 1. The Morgan fingerprint density at radius 1 is 1.52 bits per heavy atom. The Bertz CT molecular complexity index is 527. The molecule has 0 saturated carbocycles. The van der Waals surface area contributed by atoms with E-state index in [1.54, 1.807) is 4.90 Å². The van der Waals surface area contributed by atoms with E-state index in [9.17, 15) is 9.59 Å². The molecule has 1 aromatic rings. The minimum atomic E-state index is -0.995. The van der Waals surface area contributed by atoms with E-state index < -0.39 is 5.97 Å². The van der Waals surface area contributed by atoms with E-state index in [0.717, 1.165) is 0 Å². The average molecular weight is 297 g/mol. The summed E-state index contributed by atoms with van der Waals surface area (Å²) in [6.45, 7) is 5.37. The predicted octanol–water partition coefficient (Wildman–Crippen LogP) is -0.317. The largest absolute Gasteiger partial charge is 0.480 e. The lowest BCUT2D eigenvalue weighted by Gasteiger charge is -2.41. The molecule has 0 spiro atoms. The molecule has 1 aliphatic rings. The molecule has 9 heteroatoms. The van der Waals surface area contributed by atoms with Crippen molar-refractivity contribution in [3.63, 3.8) is 0 Å². The summed E-state index contributed by atoms with van der Waals surface area (Å²) >= 11 is 0. The van der Waals surface area contributed by atoms with Gasteiger partial charge in [-0.25, -0.2) is 9.48 Å². The van der Waals surface area contributed by atoms with E-state index in [1.807, 2.05) is 13.8 Å². The van der Waals surface area contributed by atoms with E-state index >= 15 is 0 Å². The Balaban J connectivity index is 1.88. The molecule has 0 unspecified atom stereocenters. The standard InChI is InChI=1S/C12H19N5O4/c1-12(2)8-21-4-3-17(12)11(20)13-5-9-6-16(15-14-9)7-10(18)19/h6H,3-5,7-8H2,1-2H3,(H,13,20)(H,18,19). The summed E-state index contributed by atoms with van der Waals surface area (Å²) < 4.78 is 6.58. The first-order valence-electron chi connectivity index (χ1n) is 6.62. The van der Waals surface area contributed by atoms with Crippen molar-refractivity contribution in [2.24, 2.45) is 0 Å². The molecule has 116 valence electrons. The van der Waals surface area contributed by atoms with Crippen molar-refractivity contribution in [2.75, 3.05) is 19.8 Å². The zero-order chi connectivity index (χ0) is 15.5. The minimum absolute atomic E-state index is 0.198. The van der Waals surface area contributed by atoms with E-state index in [-0.39, 0.29) is 24.7 Å². The van der Waals surface area contributed by atoms with E-state index in [1.165, 1.54) is 10.9 Å². The number of nitrogens with one attached hydrogen (secondary N) is 1. The van der Waals surface area contributed by atoms with Crippen molar-refractivity contribution < 1.29 is 19.4 Å². The summed E-state index contributed by atoms with van der Waals surface area (Å²) in [4.78, 5) is 24.4. The van der Waals surface area contributed by atoms with Crippen LogP contribution in [0.25, 0.3) is 0 Å². The van der Waals surface area contributed by atoms with Crippen molar-refractivity contribution in [2.45, 2.75) is 32.5 Å². The van der Waals surface area contributed by atoms with Crippen LogP contribution in [0.3, 0.4) is 0 Å². The van der Waals surface area contributed by atoms with Gasteiger partial charge in [0, 0.05) is 6.54 Å². The van der Waals surface area contributed by atoms with Gasteiger partial charge < -0.3 is 20.1 Å². The van der Waals surface area contributed by atoms with Crippen molar-refractivity contribution >= 4 is 12.0 Å². The van der Waals surface area contributed by atoms with Gasteiger partial charge in [-0.15, -0.1) is 5.10 Å². The zero-order valence-electron chi connectivity index (χ0n) is 12.1. The van der Waals surface area contributed by atoms with Gasteiger partial charge in [-0.3, -0.25) is 4.79 Å². The third-order valence-corrected chi connectivity index (χ3v) is 3.19. The number of carbonyl (C=O) groups is 2. The number of carboxylic acids is 1. The number of aromatic nitrogens is 3. The monoisotopic (exact) mass is 297 g/mol. The summed E-state index contributed by atoms with van der Waals surface area (Å²) in [5.74, 6) is -0.995. The van der Waals surface area contributed by atoms with Crippen LogP contribution in [-0.4, -0.2) is 62.3 Å². The van der Waals surface area contributed by atoms with Crippen LogP contribution in [0.15, 0.2) is 6.20 Å². The number of hydrogen-bond donors (Lipinski definition) is 2. The van der Waals surface area contributed by atoms with Gasteiger partial charge >= 0.3 is 12.0 Å². The number of hydrogen-bond acceptors (Lipinski definition) is 5. The van der Waals surface area contributed by atoms with Crippen LogP contribution in [0.2, 0.25) is 0 Å². The lowest BCUT2D eigenvalue weighted by atomic mass is 10.0. The highest BCUT2D eigenvalue weighted by atomic mass is 16.5. The molecule has 1 fully saturated rings. The molecule has 1 aliphatic heterocycles. The molecule has 0 bridgehead atoms. The van der Waals surface area contributed by atoms with E-state index in [4.69, 9.17) is 9.84 Å². The number of carboxylic acid groups (broad SMARTS) is 1. The van der Waals surface area contributed by atoms with Gasteiger partial charge in [-0.05, 0) is 13.8 Å². The summed E-state index contributed by atoms with van der Waals surface area (Å²) in [5, 5.41) is 18.9. The third kappa shape index (κ3) is 3.91.